The highest BCUT2D eigenvalue weighted by molar-refractivity contribution is 5.84. The number of carbonyl (C=O) groups excluding carboxylic acids is 2. The third-order valence-electron chi connectivity index (χ3n) is 7.22. The number of aliphatic carboxylic acids is 1. The van der Waals surface area contributed by atoms with Gasteiger partial charge in [0.05, 0.1) is 25.4 Å². The largest absolute Gasteiger partial charge is 0.490 e. The number of halogens is 5. The molecule has 47 heavy (non-hydrogen) atoms. The lowest BCUT2D eigenvalue weighted by Crippen LogP contribution is -2.59. The van der Waals surface area contributed by atoms with Crippen molar-refractivity contribution in [3.63, 3.8) is 0 Å². The van der Waals surface area contributed by atoms with Crippen LogP contribution in [0.4, 0.5) is 26.7 Å². The minimum Gasteiger partial charge on any atom is -0.475 e. The van der Waals surface area contributed by atoms with E-state index in [4.69, 9.17) is 25.1 Å². The van der Waals surface area contributed by atoms with Crippen LogP contribution in [0.25, 0.3) is 0 Å². The maximum atomic E-state index is 14.1. The Balaban J connectivity index is 0.000000984. The second kappa shape index (κ2) is 18.5. The number of amides is 2. The second-order valence-corrected chi connectivity index (χ2v) is 11.5. The summed E-state index contributed by atoms with van der Waals surface area (Å²) in [5, 5.41) is 21.8. The summed E-state index contributed by atoms with van der Waals surface area (Å²) in [7, 11) is 0. The van der Waals surface area contributed by atoms with E-state index in [2.05, 4.69) is 18.3 Å². The molecule has 2 aromatic rings. The van der Waals surface area contributed by atoms with Gasteiger partial charge in [-0.2, -0.15) is 13.2 Å². The Morgan fingerprint density at radius 2 is 1.70 bits per heavy atom. The number of hydrogen-bond donors (Lipinski definition) is 4. The van der Waals surface area contributed by atoms with E-state index in [1.807, 2.05) is 32.0 Å². The molecule has 1 fully saturated rings. The monoisotopic (exact) mass is 675 g/mol. The zero-order valence-corrected chi connectivity index (χ0v) is 26.4. The van der Waals surface area contributed by atoms with Crippen LogP contribution in [0.1, 0.15) is 50.3 Å². The molecule has 15 heteroatoms. The predicted molar refractivity (Wildman–Crippen MR) is 161 cm³/mol. The van der Waals surface area contributed by atoms with E-state index in [0.717, 1.165) is 35.1 Å². The summed E-state index contributed by atoms with van der Waals surface area (Å²) in [5.74, 6) is -5.13. The molecule has 10 nitrogen and oxygen atoms in total. The van der Waals surface area contributed by atoms with Gasteiger partial charge in [-0.05, 0) is 54.0 Å². The molecule has 0 saturated carbocycles. The van der Waals surface area contributed by atoms with E-state index in [1.165, 1.54) is 5.56 Å². The Kier molecular flexibility index (Phi) is 15.5. The average molecular weight is 676 g/mol. The fraction of sp³-hybridized carbons (Fsp3) is 0.531. The molecule has 1 heterocycles. The zero-order chi connectivity index (χ0) is 35.3. The zero-order valence-electron chi connectivity index (χ0n) is 26.4. The third-order valence-corrected chi connectivity index (χ3v) is 7.22. The molecule has 3 rings (SSSR count). The quantitative estimate of drug-likeness (QED) is 0.216. The number of primary amides is 1. The number of rotatable bonds is 14. The Labute approximate surface area is 270 Å². The summed E-state index contributed by atoms with van der Waals surface area (Å²) >= 11 is 0. The fourth-order valence-corrected chi connectivity index (χ4v) is 4.97. The molecule has 1 aliphatic rings. The number of aryl methyl sites for hydroxylation is 1. The lowest BCUT2D eigenvalue weighted by Gasteiger charge is -2.39. The van der Waals surface area contributed by atoms with Crippen molar-refractivity contribution >= 4 is 18.0 Å². The lowest BCUT2D eigenvalue weighted by molar-refractivity contribution is -0.192. The number of hydrogen-bond acceptors (Lipinski definition) is 7. The molecule has 0 unspecified atom stereocenters. The topological polar surface area (TPSA) is 151 Å². The normalized spacial score (nSPS) is 16.5. The lowest BCUT2D eigenvalue weighted by atomic mass is 9.94. The van der Waals surface area contributed by atoms with Gasteiger partial charge in [-0.25, -0.2) is 18.4 Å². The van der Waals surface area contributed by atoms with Crippen LogP contribution < -0.4 is 11.1 Å². The van der Waals surface area contributed by atoms with E-state index in [0.29, 0.717) is 19.6 Å². The van der Waals surface area contributed by atoms with Crippen LogP contribution in [0.5, 0.6) is 0 Å². The van der Waals surface area contributed by atoms with Gasteiger partial charge < -0.3 is 30.7 Å². The fourth-order valence-electron chi connectivity index (χ4n) is 4.97. The molecule has 262 valence electrons. The van der Waals surface area contributed by atoms with Crippen LogP contribution in [0.2, 0.25) is 0 Å². The number of aliphatic hydroxyl groups excluding tert-OH is 1. The van der Waals surface area contributed by atoms with Gasteiger partial charge in [-0.15, -0.1) is 0 Å². The predicted octanol–water partition coefficient (Wildman–Crippen LogP) is 4.35. The third kappa shape index (κ3) is 13.4. The molecule has 0 spiro atoms. The van der Waals surface area contributed by atoms with Gasteiger partial charge in [0.25, 0.3) is 0 Å². The summed E-state index contributed by atoms with van der Waals surface area (Å²) in [4.78, 5) is 36.4. The van der Waals surface area contributed by atoms with Gasteiger partial charge in [0.2, 0.25) is 5.91 Å². The second-order valence-electron chi connectivity index (χ2n) is 11.5. The van der Waals surface area contributed by atoms with E-state index in [1.54, 1.807) is 0 Å². The molecule has 2 amide bonds. The maximum Gasteiger partial charge on any atom is 0.490 e. The molecule has 2 aromatic carbocycles. The number of nitrogens with one attached hydrogen (secondary N) is 1. The van der Waals surface area contributed by atoms with Crippen LogP contribution in [0.15, 0.2) is 42.5 Å². The van der Waals surface area contributed by atoms with Crippen molar-refractivity contribution in [2.24, 2.45) is 11.7 Å². The number of carboxylic acids is 1. The van der Waals surface area contributed by atoms with E-state index >= 15 is 0 Å². The summed E-state index contributed by atoms with van der Waals surface area (Å²) < 4.78 is 71.0. The highest BCUT2D eigenvalue weighted by Gasteiger charge is 2.40. The maximum absolute atomic E-state index is 14.1. The molecule has 1 saturated heterocycles. The number of aliphatic hydroxyl groups is 1. The first-order valence-electron chi connectivity index (χ1n) is 15.1. The van der Waals surface area contributed by atoms with E-state index in [-0.39, 0.29) is 37.5 Å². The molecular formula is C32H42F5N3O7. The van der Waals surface area contributed by atoms with Crippen molar-refractivity contribution in [3.8, 4) is 0 Å². The van der Waals surface area contributed by atoms with Crippen LogP contribution >= 0.6 is 0 Å². The molecule has 1 aliphatic heterocycles. The first-order valence-corrected chi connectivity index (χ1v) is 15.1. The van der Waals surface area contributed by atoms with Crippen molar-refractivity contribution in [2.45, 2.75) is 83.5 Å². The van der Waals surface area contributed by atoms with Crippen molar-refractivity contribution in [1.82, 2.24) is 10.2 Å². The molecule has 0 bridgehead atoms. The minimum absolute atomic E-state index is 0.0301. The molecule has 0 radical (unpaired) electrons. The molecule has 0 aromatic heterocycles. The first-order chi connectivity index (χ1) is 22.0. The van der Waals surface area contributed by atoms with Crippen LogP contribution in [0.3, 0.4) is 0 Å². The SMILES string of the molecule is CCc1cccc(CNC[C@@H](O)[C@H](Cc2cc(F)cc(F)c2)N(C(=O)O[C@H]2CCOC2)[C@H](CC(C)C)C(N)=O)c1.O=C(O)C(F)(F)F. The van der Waals surface area contributed by atoms with Gasteiger partial charge >= 0.3 is 18.2 Å². The number of nitrogens with two attached hydrogens (primary N) is 1. The van der Waals surface area contributed by atoms with Gasteiger partial charge in [0, 0.05) is 25.6 Å². The number of carboxylic acid groups (broad SMARTS) is 1. The number of benzene rings is 2. The summed E-state index contributed by atoms with van der Waals surface area (Å²) in [6, 6.07) is 8.85. The van der Waals surface area contributed by atoms with Crippen molar-refractivity contribution in [1.29, 1.82) is 0 Å². The minimum atomic E-state index is -5.08. The van der Waals surface area contributed by atoms with E-state index in [9.17, 15) is 36.6 Å². The summed E-state index contributed by atoms with van der Waals surface area (Å²) in [6.45, 7) is 6.94. The Morgan fingerprint density at radius 3 is 2.21 bits per heavy atom. The smallest absolute Gasteiger partial charge is 0.475 e. The average Bonchev–Trinajstić information content (AvgIpc) is 3.48. The van der Waals surface area contributed by atoms with Gasteiger partial charge in [-0.1, -0.05) is 45.0 Å². The standard InChI is InChI=1S/C30H41F2N3O5.C2HF3O2/c1-4-20-6-5-7-21(11-20)16-34-17-28(36)26(14-22-12-23(31)15-24(32)13-22)35(27(29(33)37)10-19(2)3)30(38)40-25-8-9-39-18-25;3-2(4,5)1(6)7/h5-7,11-13,15,19,25-28,34,36H,4,8-10,14,16-18H2,1-3H3,(H2,33,37);(H,6,7)/t25-,26-,27+,28+;/m0./s1. The molecular weight excluding hydrogens is 633 g/mol. The van der Waals surface area contributed by atoms with Gasteiger partial charge in [-0.3, -0.25) is 9.69 Å². The highest BCUT2D eigenvalue weighted by Crippen LogP contribution is 2.24. The highest BCUT2D eigenvalue weighted by atomic mass is 19.4. The Morgan fingerprint density at radius 1 is 1.09 bits per heavy atom. The molecule has 4 atom stereocenters. The van der Waals surface area contributed by atoms with Crippen molar-refractivity contribution < 1.29 is 56.0 Å². The number of carbonyl (C=O) groups is 3. The van der Waals surface area contributed by atoms with Crippen LogP contribution in [0, 0.1) is 17.6 Å². The van der Waals surface area contributed by atoms with Crippen LogP contribution in [-0.2, 0) is 38.4 Å². The van der Waals surface area contributed by atoms with E-state index < -0.39 is 60.1 Å². The molecule has 0 aliphatic carbocycles. The number of ether oxygens (including phenoxy) is 2. The summed E-state index contributed by atoms with van der Waals surface area (Å²) in [6.07, 6.45) is -6.22. The number of nitrogens with zero attached hydrogens (tertiary/aromatic N) is 1. The summed E-state index contributed by atoms with van der Waals surface area (Å²) in [5.41, 5.74) is 8.19. The van der Waals surface area contributed by atoms with Crippen molar-refractivity contribution in [3.05, 3.63) is 70.8 Å². The molecule has 5 N–H and O–H groups in total. The van der Waals surface area contributed by atoms with Gasteiger partial charge in [0.15, 0.2) is 0 Å². The first kappa shape index (κ1) is 39.4. The van der Waals surface area contributed by atoms with Crippen molar-refractivity contribution in [2.75, 3.05) is 19.8 Å². The Bertz CT molecular complexity index is 1300. The van der Waals surface area contributed by atoms with Gasteiger partial charge in [0.1, 0.15) is 23.8 Å². The number of alkyl halides is 3. The van der Waals surface area contributed by atoms with Crippen LogP contribution in [-0.4, -0.2) is 83.3 Å². The Hall–Kier alpha value is -3.82.